The van der Waals surface area contributed by atoms with E-state index >= 15 is 0 Å². The number of para-hydroxylation sites is 1. The third-order valence-electron chi connectivity index (χ3n) is 4.98. The molecule has 4 rings (SSSR count). The minimum atomic E-state index is -3.93. The van der Waals surface area contributed by atoms with E-state index in [4.69, 9.17) is 0 Å². The van der Waals surface area contributed by atoms with Crippen molar-refractivity contribution in [2.24, 2.45) is 0 Å². The van der Waals surface area contributed by atoms with Gasteiger partial charge in [0.15, 0.2) is 0 Å². The van der Waals surface area contributed by atoms with Crippen molar-refractivity contribution in [3.05, 3.63) is 102 Å². The minimum Gasteiger partial charge on any atom is -0.322 e. The minimum absolute atomic E-state index is 0.0327. The van der Waals surface area contributed by atoms with Crippen LogP contribution in [0.5, 0.6) is 0 Å². The Morgan fingerprint density at radius 3 is 2.06 bits per heavy atom. The van der Waals surface area contributed by atoms with Gasteiger partial charge in [0.05, 0.1) is 9.79 Å². The first kappa shape index (κ1) is 24.8. The maximum atomic E-state index is 12.9. The Morgan fingerprint density at radius 1 is 0.722 bits per heavy atom. The maximum Gasteiger partial charge on any atom is 0.264 e. The van der Waals surface area contributed by atoms with Crippen LogP contribution in [-0.4, -0.2) is 32.7 Å². The molecule has 0 aliphatic rings. The second-order valence-electron chi connectivity index (χ2n) is 7.61. The molecule has 4 aromatic rings. The van der Waals surface area contributed by atoms with Gasteiger partial charge < -0.3 is 5.32 Å². The number of hydrogen-bond acceptors (Lipinski definition) is 7. The van der Waals surface area contributed by atoms with Crippen molar-refractivity contribution >= 4 is 43.3 Å². The number of amides is 1. The SMILES string of the molecule is Cc1ccc(C(=O)Nc2ccc(S(=O)(=O)Nc3ncccn3)cc2)cc1S(=O)(=O)Nc1ccccc1. The summed E-state index contributed by atoms with van der Waals surface area (Å²) in [6, 6.07) is 19.8. The Morgan fingerprint density at radius 2 is 1.39 bits per heavy atom. The molecule has 184 valence electrons. The summed E-state index contributed by atoms with van der Waals surface area (Å²) in [5, 5.41) is 2.64. The fourth-order valence-electron chi connectivity index (χ4n) is 3.20. The van der Waals surface area contributed by atoms with Crippen LogP contribution in [0.15, 0.2) is 101 Å². The summed E-state index contributed by atoms with van der Waals surface area (Å²) in [5.74, 6) is -0.626. The topological polar surface area (TPSA) is 147 Å². The molecule has 10 nitrogen and oxygen atoms in total. The van der Waals surface area contributed by atoms with Gasteiger partial charge in [0.1, 0.15) is 0 Å². The normalized spacial score (nSPS) is 11.5. The van der Waals surface area contributed by atoms with Gasteiger partial charge in [-0.05, 0) is 67.1 Å². The van der Waals surface area contributed by atoms with Gasteiger partial charge in [0.25, 0.3) is 26.0 Å². The molecule has 12 heteroatoms. The number of anilines is 3. The average molecular weight is 524 g/mol. The van der Waals surface area contributed by atoms with Crippen LogP contribution >= 0.6 is 0 Å². The molecule has 3 N–H and O–H groups in total. The van der Waals surface area contributed by atoms with Gasteiger partial charge in [-0.2, -0.15) is 0 Å². The van der Waals surface area contributed by atoms with Gasteiger partial charge in [-0.3, -0.25) is 9.52 Å². The highest BCUT2D eigenvalue weighted by atomic mass is 32.2. The summed E-state index contributed by atoms with van der Waals surface area (Å²) in [5.41, 5.74) is 1.31. The lowest BCUT2D eigenvalue weighted by Gasteiger charge is -2.12. The van der Waals surface area contributed by atoms with Crippen LogP contribution in [-0.2, 0) is 20.0 Å². The molecule has 0 saturated heterocycles. The highest BCUT2D eigenvalue weighted by Gasteiger charge is 2.20. The Labute approximate surface area is 208 Å². The molecule has 1 aromatic heterocycles. The predicted octanol–water partition coefficient (Wildman–Crippen LogP) is 3.64. The van der Waals surface area contributed by atoms with E-state index in [2.05, 4.69) is 24.7 Å². The number of benzene rings is 3. The van der Waals surface area contributed by atoms with Gasteiger partial charge in [-0.25, -0.2) is 31.5 Å². The van der Waals surface area contributed by atoms with E-state index in [9.17, 15) is 21.6 Å². The number of carbonyl (C=O) groups is 1. The Balaban J connectivity index is 1.50. The van der Waals surface area contributed by atoms with E-state index in [0.717, 1.165) is 0 Å². The molecule has 0 spiro atoms. The molecule has 0 fully saturated rings. The van der Waals surface area contributed by atoms with Gasteiger partial charge in [-0.15, -0.1) is 0 Å². The first-order valence-electron chi connectivity index (χ1n) is 10.5. The number of aryl methyl sites for hydroxylation is 1. The molecule has 1 heterocycles. The molecule has 36 heavy (non-hydrogen) atoms. The summed E-state index contributed by atoms with van der Waals surface area (Å²) in [6.07, 6.45) is 2.81. The smallest absolute Gasteiger partial charge is 0.264 e. The van der Waals surface area contributed by atoms with Crippen LogP contribution in [0.25, 0.3) is 0 Å². The molecule has 0 aliphatic heterocycles. The van der Waals surface area contributed by atoms with Crippen molar-refractivity contribution in [3.8, 4) is 0 Å². The number of nitrogens with zero attached hydrogens (tertiary/aromatic N) is 2. The molecule has 0 radical (unpaired) electrons. The monoisotopic (exact) mass is 523 g/mol. The first-order chi connectivity index (χ1) is 17.1. The number of hydrogen-bond donors (Lipinski definition) is 3. The van der Waals surface area contributed by atoms with Crippen LogP contribution in [0.1, 0.15) is 15.9 Å². The fourth-order valence-corrected chi connectivity index (χ4v) is 5.49. The number of sulfonamides is 2. The summed E-state index contributed by atoms with van der Waals surface area (Å²) < 4.78 is 55.6. The largest absolute Gasteiger partial charge is 0.322 e. The van der Waals surface area contributed by atoms with E-state index in [1.807, 2.05) is 0 Å². The predicted molar refractivity (Wildman–Crippen MR) is 136 cm³/mol. The van der Waals surface area contributed by atoms with Crippen molar-refractivity contribution in [2.75, 3.05) is 14.8 Å². The van der Waals surface area contributed by atoms with Crippen molar-refractivity contribution in [1.82, 2.24) is 9.97 Å². The molecule has 0 saturated carbocycles. The second kappa shape index (κ2) is 10.1. The van der Waals surface area contributed by atoms with E-state index in [1.165, 1.54) is 48.8 Å². The summed E-state index contributed by atoms with van der Waals surface area (Å²) in [6.45, 7) is 1.63. The van der Waals surface area contributed by atoms with Gasteiger partial charge in [0.2, 0.25) is 5.95 Å². The van der Waals surface area contributed by atoms with Gasteiger partial charge >= 0.3 is 0 Å². The highest BCUT2D eigenvalue weighted by molar-refractivity contribution is 7.93. The van der Waals surface area contributed by atoms with Crippen molar-refractivity contribution in [3.63, 3.8) is 0 Å². The molecule has 0 bridgehead atoms. The van der Waals surface area contributed by atoms with Crippen molar-refractivity contribution < 1.29 is 21.6 Å². The zero-order valence-electron chi connectivity index (χ0n) is 18.9. The maximum absolute atomic E-state index is 12.9. The molecule has 0 aliphatic carbocycles. The van der Waals surface area contributed by atoms with E-state index in [1.54, 1.807) is 49.4 Å². The standard InChI is InChI=1S/C24H21N5O5S2/c1-17-8-9-18(16-22(17)36(33,34)28-20-6-3-2-4-7-20)23(30)27-19-10-12-21(13-11-19)35(31,32)29-24-25-14-5-15-26-24/h2-16,28H,1H3,(H,27,30)(H,25,26,29). The second-order valence-corrected chi connectivity index (χ2v) is 10.9. The average Bonchev–Trinajstić information content (AvgIpc) is 2.85. The lowest BCUT2D eigenvalue weighted by molar-refractivity contribution is 0.102. The molecule has 3 aromatic carbocycles. The number of carbonyl (C=O) groups excluding carboxylic acids is 1. The van der Waals surface area contributed by atoms with Gasteiger partial charge in [-0.1, -0.05) is 24.3 Å². The third-order valence-corrected chi connectivity index (χ3v) is 7.85. The Kier molecular flexibility index (Phi) is 6.99. The van der Waals surface area contributed by atoms with E-state index in [0.29, 0.717) is 16.9 Å². The molecule has 1 amide bonds. The zero-order chi connectivity index (χ0) is 25.8. The first-order valence-corrected chi connectivity index (χ1v) is 13.5. The summed E-state index contributed by atoms with van der Waals surface area (Å²) in [7, 11) is -7.86. The number of aromatic nitrogens is 2. The van der Waals surface area contributed by atoms with E-state index < -0.39 is 26.0 Å². The lowest BCUT2D eigenvalue weighted by atomic mass is 10.1. The molecular weight excluding hydrogens is 502 g/mol. The molecule has 0 atom stereocenters. The van der Waals surface area contributed by atoms with Crippen LogP contribution in [0, 0.1) is 6.92 Å². The zero-order valence-corrected chi connectivity index (χ0v) is 20.5. The van der Waals surface area contributed by atoms with Crippen LogP contribution in [0.2, 0.25) is 0 Å². The van der Waals surface area contributed by atoms with Crippen molar-refractivity contribution in [2.45, 2.75) is 16.7 Å². The third kappa shape index (κ3) is 5.85. The lowest BCUT2D eigenvalue weighted by Crippen LogP contribution is -2.17. The van der Waals surface area contributed by atoms with Crippen LogP contribution in [0.3, 0.4) is 0 Å². The number of rotatable bonds is 8. The van der Waals surface area contributed by atoms with Crippen molar-refractivity contribution in [1.29, 1.82) is 0 Å². The van der Waals surface area contributed by atoms with E-state index in [-0.39, 0.29) is 21.3 Å². The highest BCUT2D eigenvalue weighted by Crippen LogP contribution is 2.22. The number of nitrogens with one attached hydrogen (secondary N) is 3. The summed E-state index contributed by atoms with van der Waals surface area (Å²) in [4.78, 5) is 20.4. The molecular formula is C24H21N5O5S2. The Hall–Kier alpha value is -4.29. The van der Waals surface area contributed by atoms with Gasteiger partial charge in [0, 0.05) is 29.3 Å². The fraction of sp³-hybridized carbons (Fsp3) is 0.0417. The Bertz CT molecular complexity index is 1590. The quantitative estimate of drug-likeness (QED) is 0.319. The molecule has 0 unspecified atom stereocenters. The van der Waals surface area contributed by atoms with Crippen LogP contribution in [0.4, 0.5) is 17.3 Å². The summed E-state index contributed by atoms with van der Waals surface area (Å²) >= 11 is 0. The van der Waals surface area contributed by atoms with Crippen LogP contribution < -0.4 is 14.8 Å².